The van der Waals surface area contributed by atoms with E-state index in [2.05, 4.69) is 6.07 Å². The molecular formula is C15H23NO3S. The minimum absolute atomic E-state index is 0.00127. The third-order valence-corrected chi connectivity index (χ3v) is 5.92. The second kappa shape index (κ2) is 6.70. The maximum atomic E-state index is 12.4. The molecule has 4 nitrogen and oxygen atoms in total. The van der Waals surface area contributed by atoms with Gasteiger partial charge in [0.25, 0.3) is 0 Å². The number of aryl methyl sites for hydroxylation is 1. The summed E-state index contributed by atoms with van der Waals surface area (Å²) in [4.78, 5) is 0. The molecule has 0 bridgehead atoms. The summed E-state index contributed by atoms with van der Waals surface area (Å²) in [5, 5.41) is 0. The van der Waals surface area contributed by atoms with Crippen molar-refractivity contribution in [1.82, 2.24) is 4.31 Å². The molecule has 5 heteroatoms. The van der Waals surface area contributed by atoms with Crippen LogP contribution in [0.2, 0.25) is 0 Å². The minimum Gasteiger partial charge on any atom is -0.385 e. The molecule has 0 aliphatic heterocycles. The molecule has 0 aromatic heterocycles. The van der Waals surface area contributed by atoms with Crippen LogP contribution in [0.3, 0.4) is 0 Å². The molecule has 0 heterocycles. The van der Waals surface area contributed by atoms with E-state index in [1.54, 1.807) is 18.5 Å². The number of benzene rings is 1. The van der Waals surface area contributed by atoms with Gasteiger partial charge in [0.1, 0.15) is 0 Å². The lowest BCUT2D eigenvalue weighted by molar-refractivity contribution is 0.194. The smallest absolute Gasteiger partial charge is 0.214 e. The molecule has 1 atom stereocenters. The monoisotopic (exact) mass is 297 g/mol. The third-order valence-electron chi connectivity index (χ3n) is 3.98. The molecule has 0 unspecified atom stereocenters. The molecule has 0 saturated carbocycles. The van der Waals surface area contributed by atoms with Crippen LogP contribution in [-0.2, 0) is 21.2 Å². The summed E-state index contributed by atoms with van der Waals surface area (Å²) in [7, 11) is 0.153. The molecule has 0 spiro atoms. The topological polar surface area (TPSA) is 46.6 Å². The molecule has 112 valence electrons. The van der Waals surface area contributed by atoms with E-state index in [1.165, 1.54) is 5.56 Å². The van der Waals surface area contributed by atoms with Gasteiger partial charge in [-0.1, -0.05) is 24.3 Å². The van der Waals surface area contributed by atoms with E-state index in [0.717, 1.165) is 24.8 Å². The quantitative estimate of drug-likeness (QED) is 0.726. The van der Waals surface area contributed by atoms with E-state index in [0.29, 0.717) is 13.0 Å². The lowest BCUT2D eigenvalue weighted by atomic mass is 10.1. The number of nitrogens with zero attached hydrogens (tertiary/aromatic N) is 1. The van der Waals surface area contributed by atoms with E-state index in [9.17, 15) is 8.42 Å². The number of sulfonamides is 1. The van der Waals surface area contributed by atoms with Gasteiger partial charge >= 0.3 is 0 Å². The minimum atomic E-state index is -3.19. The zero-order valence-electron chi connectivity index (χ0n) is 12.2. The number of hydrogen-bond acceptors (Lipinski definition) is 3. The van der Waals surface area contributed by atoms with Gasteiger partial charge in [0.2, 0.25) is 10.0 Å². The molecule has 0 amide bonds. The van der Waals surface area contributed by atoms with Crippen molar-refractivity contribution in [2.45, 2.75) is 31.7 Å². The molecule has 1 aromatic rings. The van der Waals surface area contributed by atoms with Crippen molar-refractivity contribution in [3.05, 3.63) is 35.4 Å². The largest absolute Gasteiger partial charge is 0.385 e. The van der Waals surface area contributed by atoms with Gasteiger partial charge < -0.3 is 4.74 Å². The van der Waals surface area contributed by atoms with Crippen molar-refractivity contribution in [2.24, 2.45) is 0 Å². The molecule has 0 saturated heterocycles. The maximum Gasteiger partial charge on any atom is 0.214 e. The first-order valence-electron chi connectivity index (χ1n) is 7.08. The fourth-order valence-corrected chi connectivity index (χ4v) is 4.24. The van der Waals surface area contributed by atoms with Crippen LogP contribution in [0.1, 0.15) is 36.4 Å². The Morgan fingerprint density at radius 1 is 1.30 bits per heavy atom. The first-order valence-corrected chi connectivity index (χ1v) is 8.69. The van der Waals surface area contributed by atoms with Crippen LogP contribution in [0.25, 0.3) is 0 Å². The van der Waals surface area contributed by atoms with Crippen LogP contribution >= 0.6 is 0 Å². The Hall–Kier alpha value is -0.910. The highest BCUT2D eigenvalue weighted by atomic mass is 32.2. The van der Waals surface area contributed by atoms with Crippen molar-refractivity contribution in [3.63, 3.8) is 0 Å². The summed E-state index contributed by atoms with van der Waals surface area (Å²) in [5.74, 6) is 0.200. The highest BCUT2D eigenvalue weighted by Crippen LogP contribution is 2.36. The Kier molecular flexibility index (Phi) is 5.18. The molecule has 0 N–H and O–H groups in total. The van der Waals surface area contributed by atoms with Crippen LogP contribution in [0.15, 0.2) is 24.3 Å². The highest BCUT2D eigenvalue weighted by Gasteiger charge is 2.31. The Labute approximate surface area is 121 Å². The van der Waals surface area contributed by atoms with Gasteiger partial charge in [-0.25, -0.2) is 8.42 Å². The fraction of sp³-hybridized carbons (Fsp3) is 0.600. The van der Waals surface area contributed by atoms with E-state index >= 15 is 0 Å². The van der Waals surface area contributed by atoms with Gasteiger partial charge in [-0.3, -0.25) is 0 Å². The molecule has 0 fully saturated rings. The van der Waals surface area contributed by atoms with Gasteiger partial charge in [0, 0.05) is 26.8 Å². The number of hydrogen-bond donors (Lipinski definition) is 0. The number of fused-ring (bicyclic) bond motifs is 1. The molecule has 1 aliphatic carbocycles. The molecule has 2 rings (SSSR count). The average molecular weight is 297 g/mol. The number of rotatable bonds is 7. The standard InChI is InChI=1S/C15H23NO3S/c1-16(20(17,18)12-6-5-11-19-2)15-10-9-13-7-3-4-8-14(13)15/h3-4,7-8,15H,5-6,9-12H2,1-2H3/t15-/m0/s1. The number of methoxy groups -OCH3 is 1. The van der Waals surface area contributed by atoms with E-state index in [-0.39, 0.29) is 11.8 Å². The van der Waals surface area contributed by atoms with Crippen molar-refractivity contribution in [3.8, 4) is 0 Å². The predicted octanol–water partition coefficient (Wildman–Crippen LogP) is 2.36. The summed E-state index contributed by atoms with van der Waals surface area (Å²) >= 11 is 0. The summed E-state index contributed by atoms with van der Waals surface area (Å²) in [5.41, 5.74) is 2.44. The second-order valence-corrected chi connectivity index (χ2v) is 7.43. The molecule has 0 radical (unpaired) electrons. The summed E-state index contributed by atoms with van der Waals surface area (Å²) < 4.78 is 31.3. The first-order chi connectivity index (χ1) is 9.56. The number of ether oxygens (including phenoxy) is 1. The second-order valence-electron chi connectivity index (χ2n) is 5.29. The van der Waals surface area contributed by atoms with Gasteiger partial charge in [-0.2, -0.15) is 4.31 Å². The maximum absolute atomic E-state index is 12.4. The Morgan fingerprint density at radius 3 is 2.80 bits per heavy atom. The van der Waals surface area contributed by atoms with E-state index in [4.69, 9.17) is 4.74 Å². The third kappa shape index (κ3) is 3.40. The first kappa shape index (κ1) is 15.5. The van der Waals surface area contributed by atoms with Gasteiger partial charge in [0.05, 0.1) is 5.75 Å². The Balaban J connectivity index is 2.02. The van der Waals surface area contributed by atoms with Crippen molar-refractivity contribution >= 4 is 10.0 Å². The molecule has 1 aromatic carbocycles. The highest BCUT2D eigenvalue weighted by molar-refractivity contribution is 7.89. The van der Waals surface area contributed by atoms with E-state index in [1.807, 2.05) is 18.2 Å². The normalized spacial score (nSPS) is 18.4. The molecule has 20 heavy (non-hydrogen) atoms. The van der Waals surface area contributed by atoms with Crippen LogP contribution in [0.4, 0.5) is 0 Å². The van der Waals surface area contributed by atoms with E-state index < -0.39 is 10.0 Å². The van der Waals surface area contributed by atoms with Crippen molar-refractivity contribution in [1.29, 1.82) is 0 Å². The SMILES string of the molecule is COCCCCS(=O)(=O)N(C)[C@H]1CCc2ccccc21. The summed E-state index contributed by atoms with van der Waals surface area (Å²) in [6, 6.07) is 8.13. The summed E-state index contributed by atoms with van der Waals surface area (Å²) in [6.07, 6.45) is 3.28. The lowest BCUT2D eigenvalue weighted by Crippen LogP contribution is -2.32. The summed E-state index contributed by atoms with van der Waals surface area (Å²) in [6.45, 7) is 0.617. The Morgan fingerprint density at radius 2 is 2.05 bits per heavy atom. The van der Waals surface area contributed by atoms with Crippen molar-refractivity contribution in [2.75, 3.05) is 26.5 Å². The predicted molar refractivity (Wildman–Crippen MR) is 80.2 cm³/mol. The van der Waals surface area contributed by atoms with Crippen LogP contribution in [0.5, 0.6) is 0 Å². The van der Waals surface area contributed by atoms with Gasteiger partial charge in [0.15, 0.2) is 0 Å². The lowest BCUT2D eigenvalue weighted by Gasteiger charge is -2.24. The average Bonchev–Trinajstić information content (AvgIpc) is 2.86. The zero-order valence-corrected chi connectivity index (χ0v) is 13.0. The number of unbranched alkanes of at least 4 members (excludes halogenated alkanes) is 1. The van der Waals surface area contributed by atoms with Crippen LogP contribution < -0.4 is 0 Å². The van der Waals surface area contributed by atoms with Crippen LogP contribution in [-0.4, -0.2) is 39.2 Å². The van der Waals surface area contributed by atoms with Crippen molar-refractivity contribution < 1.29 is 13.2 Å². The molecule has 1 aliphatic rings. The van der Waals surface area contributed by atoms with Crippen LogP contribution in [0, 0.1) is 0 Å². The van der Waals surface area contributed by atoms with Gasteiger partial charge in [-0.15, -0.1) is 0 Å². The Bertz CT molecular complexity index is 542. The van der Waals surface area contributed by atoms with Gasteiger partial charge in [-0.05, 0) is 36.8 Å². The zero-order chi connectivity index (χ0) is 14.6. The molecular weight excluding hydrogens is 274 g/mol. The fourth-order valence-electron chi connectivity index (χ4n) is 2.78.